The van der Waals surface area contributed by atoms with Crippen molar-refractivity contribution in [3.8, 4) is 22.3 Å². The second-order valence-corrected chi connectivity index (χ2v) is 13.5. The molecule has 0 saturated heterocycles. The number of benzene rings is 8. The molecule has 0 bridgehead atoms. The van der Waals surface area contributed by atoms with Crippen molar-refractivity contribution in [2.75, 3.05) is 0 Å². The Hall–Kier alpha value is -4.88. The molecule has 10 rings (SSSR count). The van der Waals surface area contributed by atoms with Gasteiger partial charge in [0.15, 0.2) is 0 Å². The summed E-state index contributed by atoms with van der Waals surface area (Å²) in [6.07, 6.45) is 2.10. The van der Waals surface area contributed by atoms with Crippen molar-refractivity contribution in [3.05, 3.63) is 181 Å². The van der Waals surface area contributed by atoms with Crippen molar-refractivity contribution in [1.29, 1.82) is 0 Å². The monoisotopic (exact) mass is 756 g/mol. The van der Waals surface area contributed by atoms with Crippen LogP contribution in [0, 0.1) is 0 Å². The quantitative estimate of drug-likeness (QED) is 0.0953. The van der Waals surface area contributed by atoms with Gasteiger partial charge in [0.05, 0.1) is 0 Å². The molecule has 0 spiro atoms. The van der Waals surface area contributed by atoms with Crippen LogP contribution in [0.3, 0.4) is 0 Å². The summed E-state index contributed by atoms with van der Waals surface area (Å²) < 4.78 is 0. The zero-order valence-corrected chi connectivity index (χ0v) is 33.0. The van der Waals surface area contributed by atoms with Crippen molar-refractivity contribution in [2.24, 2.45) is 0 Å². The molecule has 0 fully saturated rings. The normalized spacial score (nSPS) is 11.2. The molecule has 2 heteroatoms. The Morgan fingerprint density at radius 2 is 0.769 bits per heavy atom. The van der Waals surface area contributed by atoms with Crippen molar-refractivity contribution < 1.29 is 23.3 Å². The number of hydrogen-bond acceptors (Lipinski definition) is 0. The summed E-state index contributed by atoms with van der Waals surface area (Å²) in [5.41, 5.74) is 8.12. The first-order valence-electron chi connectivity index (χ1n) is 18.1. The standard InChI is InChI=1S/2C25H19.Si.Zr/c2*1-2-17-13-21-12-11-18-7-5-6-10-23(18)25(21)24(14-17)22-15-19-8-3-4-9-20(19)16-22;;/h2*3-16H,2H2,1H3;;/q2*-1;;+2. The third-order valence-electron chi connectivity index (χ3n) is 10.5. The van der Waals surface area contributed by atoms with Crippen molar-refractivity contribution in [1.82, 2.24) is 0 Å². The summed E-state index contributed by atoms with van der Waals surface area (Å²) in [6.45, 7) is 7.52. The predicted octanol–water partition coefficient (Wildman–Crippen LogP) is 13.8. The van der Waals surface area contributed by atoms with Gasteiger partial charge in [0.1, 0.15) is 0 Å². The van der Waals surface area contributed by atoms with Crippen LogP contribution in [0.15, 0.2) is 170 Å². The van der Waals surface area contributed by atoms with Gasteiger partial charge in [-0.3, -0.25) is 0 Å². The first-order chi connectivity index (χ1) is 25.7. The van der Waals surface area contributed by atoms with E-state index in [0.717, 1.165) is 12.8 Å². The van der Waals surface area contributed by atoms with Crippen LogP contribution in [0.2, 0.25) is 0 Å². The zero-order chi connectivity index (χ0) is 35.6. The van der Waals surface area contributed by atoms with Gasteiger partial charge in [0.2, 0.25) is 0 Å². The van der Waals surface area contributed by atoms with Crippen LogP contribution in [0.4, 0.5) is 0 Å². The van der Waals surface area contributed by atoms with Gasteiger partial charge in [-0.05, 0) is 55.9 Å². The minimum absolute atomic E-state index is 1.05. The number of aryl methyl sites for hydroxylation is 2. The molecule has 0 amide bonds. The summed E-state index contributed by atoms with van der Waals surface area (Å²) in [6, 6.07) is 62.4. The maximum atomic E-state index is 3.06. The Bertz CT molecular complexity index is 2610. The third-order valence-corrected chi connectivity index (χ3v) is 10.5. The molecule has 2 radical (unpaired) electrons. The van der Waals surface area contributed by atoms with Gasteiger partial charge in [0.25, 0.3) is 0 Å². The van der Waals surface area contributed by atoms with E-state index in [9.17, 15) is 0 Å². The Labute approximate surface area is 322 Å². The molecule has 0 nitrogen and oxygen atoms in total. The van der Waals surface area contributed by atoms with Crippen molar-refractivity contribution in [3.63, 3.8) is 0 Å². The van der Waals surface area contributed by atoms with E-state index in [1.165, 1.54) is 121 Å². The van der Waals surface area contributed by atoms with Crippen LogP contribution >= 0.6 is 0 Å². The summed E-state index contributed by atoms with van der Waals surface area (Å²) in [5.74, 6) is 0. The maximum absolute atomic E-state index is 3.06. The van der Waals surface area contributed by atoms with Gasteiger partial charge in [-0.2, -0.15) is 0 Å². The minimum atomic E-state index is 1.05. The molecule has 0 unspecified atom stereocenters. The first kappa shape index (κ1) is 34.2. The molecule has 52 heavy (non-hydrogen) atoms. The third kappa shape index (κ3) is 6.40. The summed E-state index contributed by atoms with van der Waals surface area (Å²) in [5, 5.41) is 15.9. The van der Waals surface area contributed by atoms with Gasteiger partial charge in [-0.25, -0.2) is 0 Å². The van der Waals surface area contributed by atoms with E-state index in [1.54, 1.807) is 0 Å². The Balaban J connectivity index is 0.000000142. The molecule has 0 aromatic heterocycles. The number of hydrogen-bond donors (Lipinski definition) is 0. The average Bonchev–Trinajstić information content (AvgIpc) is 3.86. The molecule has 246 valence electrons. The summed E-state index contributed by atoms with van der Waals surface area (Å²) >= 11 is 1.36. The molecule has 0 N–H and O–H groups in total. The summed E-state index contributed by atoms with van der Waals surface area (Å²) in [4.78, 5) is 0. The van der Waals surface area contributed by atoms with E-state index >= 15 is 0 Å². The van der Waals surface area contributed by atoms with E-state index in [1.807, 2.05) is 0 Å². The van der Waals surface area contributed by atoms with E-state index in [4.69, 9.17) is 0 Å². The second-order valence-electron chi connectivity index (χ2n) is 13.5. The van der Waals surface area contributed by atoms with Crippen LogP contribution in [-0.4, -0.2) is 6.88 Å². The van der Waals surface area contributed by atoms with Crippen molar-refractivity contribution >= 4 is 71.5 Å². The molecule has 10 aromatic carbocycles. The number of fused-ring (bicyclic) bond motifs is 8. The van der Waals surface area contributed by atoms with Crippen LogP contribution in [0.1, 0.15) is 25.0 Å². The van der Waals surface area contributed by atoms with E-state index < -0.39 is 0 Å². The Morgan fingerprint density at radius 1 is 0.404 bits per heavy atom. The molecule has 0 aliphatic rings. The summed E-state index contributed by atoms with van der Waals surface area (Å²) in [7, 11) is 0. The van der Waals surface area contributed by atoms with Gasteiger partial charge in [-0.15, -0.1) is 69.1 Å². The number of rotatable bonds is 4. The topological polar surface area (TPSA) is 0 Å². The fourth-order valence-electron chi connectivity index (χ4n) is 7.89. The van der Waals surface area contributed by atoms with E-state index in [0.29, 0.717) is 0 Å². The van der Waals surface area contributed by atoms with Gasteiger partial charge < -0.3 is 0 Å². The second kappa shape index (κ2) is 15.0. The zero-order valence-electron chi connectivity index (χ0n) is 29.6. The molecular formula is C50H38SiZr. The van der Waals surface area contributed by atoms with Crippen LogP contribution in [0.5, 0.6) is 0 Å². The molecule has 0 atom stereocenters. The Kier molecular flexibility index (Phi) is 9.87. The van der Waals surface area contributed by atoms with Crippen LogP contribution in [-0.2, 0) is 36.2 Å². The molecule has 0 aliphatic heterocycles. The van der Waals surface area contributed by atoms with E-state index in [-0.39, 0.29) is 0 Å². The first-order valence-corrected chi connectivity index (χ1v) is 22.3. The SMILES string of the molecule is CCc1cc(-c2cc3ccccc3[cH-]2)c2c(ccc3ccccc32)c1.CCc1cc(-c2cc3ccccc3[cH-]2)c2c(ccc3ccccc32)c1.[Si]=[Zr+2]. The van der Waals surface area contributed by atoms with Gasteiger partial charge in [0, 0.05) is 0 Å². The van der Waals surface area contributed by atoms with Gasteiger partial charge in [-0.1, -0.05) is 170 Å². The van der Waals surface area contributed by atoms with E-state index in [2.05, 4.69) is 191 Å². The van der Waals surface area contributed by atoms with Gasteiger partial charge >= 0.3 is 30.2 Å². The Morgan fingerprint density at radius 3 is 1.17 bits per heavy atom. The fraction of sp³-hybridized carbons (Fsp3) is 0.0800. The predicted molar refractivity (Wildman–Crippen MR) is 224 cm³/mol. The molecule has 10 aromatic rings. The average molecular weight is 758 g/mol. The molecular weight excluding hydrogens is 720 g/mol. The fourth-order valence-corrected chi connectivity index (χ4v) is 7.89. The van der Waals surface area contributed by atoms with Crippen molar-refractivity contribution in [2.45, 2.75) is 26.7 Å². The molecule has 0 aliphatic carbocycles. The van der Waals surface area contributed by atoms with Crippen LogP contribution < -0.4 is 0 Å². The molecule has 0 heterocycles. The van der Waals surface area contributed by atoms with Crippen LogP contribution in [0.25, 0.3) is 86.9 Å². The molecule has 0 saturated carbocycles.